The van der Waals surface area contributed by atoms with E-state index in [1.807, 2.05) is 0 Å². The summed E-state index contributed by atoms with van der Waals surface area (Å²) in [5, 5.41) is 8.82. The van der Waals surface area contributed by atoms with Crippen LogP contribution in [0.3, 0.4) is 0 Å². The first-order valence-corrected chi connectivity index (χ1v) is 5.13. The van der Waals surface area contributed by atoms with E-state index < -0.39 is 17.6 Å². The van der Waals surface area contributed by atoms with Gasteiger partial charge in [-0.3, -0.25) is 0 Å². The van der Waals surface area contributed by atoms with Crippen molar-refractivity contribution in [3.05, 3.63) is 41.7 Å². The van der Waals surface area contributed by atoms with Gasteiger partial charge in [-0.05, 0) is 18.2 Å². The summed E-state index contributed by atoms with van der Waals surface area (Å²) >= 11 is 0. The van der Waals surface area contributed by atoms with Crippen molar-refractivity contribution in [1.82, 2.24) is 9.97 Å². The smallest absolute Gasteiger partial charge is 0.354 e. The van der Waals surface area contributed by atoms with Crippen molar-refractivity contribution in [2.24, 2.45) is 0 Å². The summed E-state index contributed by atoms with van der Waals surface area (Å²) in [4.78, 5) is 18.2. The molecule has 5 nitrogen and oxygen atoms in total. The van der Waals surface area contributed by atoms with Crippen LogP contribution in [0.2, 0.25) is 0 Å². The Morgan fingerprint density at radius 3 is 2.68 bits per heavy atom. The van der Waals surface area contributed by atoms with Gasteiger partial charge in [0.2, 0.25) is 0 Å². The number of methoxy groups -OCH3 is 1. The average molecular weight is 266 g/mol. The molecule has 0 bridgehead atoms. The minimum atomic E-state index is -1.29. The molecule has 2 rings (SSSR count). The Morgan fingerprint density at radius 2 is 2.05 bits per heavy atom. The lowest BCUT2D eigenvalue weighted by Crippen LogP contribution is -2.04. The normalized spacial score (nSPS) is 10.3. The minimum Gasteiger partial charge on any atom is -0.496 e. The van der Waals surface area contributed by atoms with Crippen LogP contribution >= 0.6 is 0 Å². The molecule has 1 aromatic heterocycles. The maximum atomic E-state index is 13.8. The predicted molar refractivity (Wildman–Crippen MR) is 60.9 cm³/mol. The standard InChI is InChI=1S/C12H8F2N2O3/c1-19-8-3-2-6(13)10(14)9(8)11-15-5-4-7(16-11)12(17)18/h2-5H,1H3,(H,17,18). The Bertz CT molecular complexity index is 647. The van der Waals surface area contributed by atoms with E-state index in [4.69, 9.17) is 9.84 Å². The van der Waals surface area contributed by atoms with Gasteiger partial charge in [0.25, 0.3) is 0 Å². The van der Waals surface area contributed by atoms with Gasteiger partial charge in [-0.15, -0.1) is 0 Å². The van der Waals surface area contributed by atoms with Crippen LogP contribution in [-0.4, -0.2) is 28.2 Å². The topological polar surface area (TPSA) is 72.3 Å². The zero-order valence-electron chi connectivity index (χ0n) is 9.72. The summed E-state index contributed by atoms with van der Waals surface area (Å²) < 4.78 is 31.9. The Morgan fingerprint density at radius 1 is 1.32 bits per heavy atom. The third-order valence-corrected chi connectivity index (χ3v) is 2.37. The number of carboxylic acid groups (broad SMARTS) is 1. The van der Waals surface area contributed by atoms with Crippen molar-refractivity contribution in [2.75, 3.05) is 7.11 Å². The van der Waals surface area contributed by atoms with E-state index in [9.17, 15) is 13.6 Å². The number of nitrogens with zero attached hydrogens (tertiary/aromatic N) is 2. The number of benzene rings is 1. The molecule has 7 heteroatoms. The van der Waals surface area contributed by atoms with E-state index in [0.717, 1.165) is 18.3 Å². The van der Waals surface area contributed by atoms with Crippen LogP contribution in [0.5, 0.6) is 5.75 Å². The average Bonchev–Trinajstić information content (AvgIpc) is 2.41. The summed E-state index contributed by atoms with van der Waals surface area (Å²) in [6.07, 6.45) is 1.15. The number of carbonyl (C=O) groups is 1. The molecule has 0 atom stereocenters. The van der Waals surface area contributed by atoms with Crippen molar-refractivity contribution in [3.8, 4) is 17.1 Å². The zero-order valence-corrected chi connectivity index (χ0v) is 9.72. The summed E-state index contributed by atoms with van der Waals surface area (Å²) in [6.45, 7) is 0. The molecule has 0 aliphatic rings. The molecule has 98 valence electrons. The second-order valence-corrected chi connectivity index (χ2v) is 3.51. The van der Waals surface area contributed by atoms with Gasteiger partial charge in [0, 0.05) is 6.20 Å². The third kappa shape index (κ3) is 2.35. The summed E-state index contributed by atoms with van der Waals surface area (Å²) in [7, 11) is 1.28. The highest BCUT2D eigenvalue weighted by atomic mass is 19.2. The Labute approximate surface area is 106 Å². The molecule has 0 aliphatic heterocycles. The van der Waals surface area contributed by atoms with Crippen LogP contribution in [-0.2, 0) is 0 Å². The molecular formula is C12H8F2N2O3. The monoisotopic (exact) mass is 266 g/mol. The number of ether oxygens (including phenoxy) is 1. The van der Waals surface area contributed by atoms with Crippen LogP contribution in [0.1, 0.15) is 10.5 Å². The van der Waals surface area contributed by atoms with Crippen molar-refractivity contribution >= 4 is 5.97 Å². The molecule has 0 saturated heterocycles. The van der Waals surface area contributed by atoms with E-state index in [0.29, 0.717) is 0 Å². The molecule has 0 amide bonds. The van der Waals surface area contributed by atoms with Crippen LogP contribution in [0, 0.1) is 11.6 Å². The molecule has 0 aliphatic carbocycles. The summed E-state index contributed by atoms with van der Waals surface area (Å²) in [5.74, 6) is -3.82. The number of aromatic nitrogens is 2. The van der Waals surface area contributed by atoms with E-state index >= 15 is 0 Å². The lowest BCUT2D eigenvalue weighted by Gasteiger charge is -2.09. The first-order valence-electron chi connectivity index (χ1n) is 5.13. The van der Waals surface area contributed by atoms with Crippen molar-refractivity contribution < 1.29 is 23.4 Å². The molecular weight excluding hydrogens is 258 g/mol. The van der Waals surface area contributed by atoms with E-state index in [-0.39, 0.29) is 22.8 Å². The van der Waals surface area contributed by atoms with E-state index in [1.54, 1.807) is 0 Å². The highest BCUT2D eigenvalue weighted by molar-refractivity contribution is 5.85. The molecule has 0 saturated carbocycles. The van der Waals surface area contributed by atoms with Crippen molar-refractivity contribution in [2.45, 2.75) is 0 Å². The predicted octanol–water partition coefficient (Wildman–Crippen LogP) is 2.13. The fourth-order valence-corrected chi connectivity index (χ4v) is 1.51. The van der Waals surface area contributed by atoms with Gasteiger partial charge in [0.1, 0.15) is 5.75 Å². The first kappa shape index (κ1) is 12.9. The highest BCUT2D eigenvalue weighted by Crippen LogP contribution is 2.31. The second kappa shape index (κ2) is 4.97. The molecule has 1 N–H and O–H groups in total. The van der Waals surface area contributed by atoms with Crippen LogP contribution in [0.4, 0.5) is 8.78 Å². The maximum Gasteiger partial charge on any atom is 0.354 e. The molecule has 0 fully saturated rings. The highest BCUT2D eigenvalue weighted by Gasteiger charge is 2.19. The van der Waals surface area contributed by atoms with Gasteiger partial charge < -0.3 is 9.84 Å². The number of hydrogen-bond donors (Lipinski definition) is 1. The van der Waals surface area contributed by atoms with Crippen molar-refractivity contribution in [3.63, 3.8) is 0 Å². The number of halogens is 2. The van der Waals surface area contributed by atoms with Gasteiger partial charge >= 0.3 is 5.97 Å². The molecule has 0 radical (unpaired) electrons. The molecule has 19 heavy (non-hydrogen) atoms. The molecule has 2 aromatic rings. The van der Waals surface area contributed by atoms with Gasteiger partial charge in [0.15, 0.2) is 23.2 Å². The molecule has 0 spiro atoms. The SMILES string of the molecule is COc1ccc(F)c(F)c1-c1nccc(C(=O)O)n1. The number of hydrogen-bond acceptors (Lipinski definition) is 4. The zero-order chi connectivity index (χ0) is 14.0. The van der Waals surface area contributed by atoms with Crippen LogP contribution < -0.4 is 4.74 Å². The van der Waals surface area contributed by atoms with E-state index in [1.165, 1.54) is 13.2 Å². The summed E-state index contributed by atoms with van der Waals surface area (Å²) in [6, 6.07) is 3.26. The lowest BCUT2D eigenvalue weighted by molar-refractivity contribution is 0.0690. The molecule has 1 heterocycles. The number of aromatic carboxylic acids is 1. The second-order valence-electron chi connectivity index (χ2n) is 3.51. The Hall–Kier alpha value is -2.57. The Balaban J connectivity index is 2.67. The third-order valence-electron chi connectivity index (χ3n) is 2.37. The van der Waals surface area contributed by atoms with Gasteiger partial charge in [-0.25, -0.2) is 23.5 Å². The van der Waals surface area contributed by atoms with E-state index in [2.05, 4.69) is 9.97 Å². The number of carboxylic acids is 1. The summed E-state index contributed by atoms with van der Waals surface area (Å²) in [5.41, 5.74) is -0.638. The van der Waals surface area contributed by atoms with Crippen LogP contribution in [0.25, 0.3) is 11.4 Å². The van der Waals surface area contributed by atoms with Crippen LogP contribution in [0.15, 0.2) is 24.4 Å². The first-order chi connectivity index (χ1) is 9.04. The minimum absolute atomic E-state index is 0.0152. The fraction of sp³-hybridized carbons (Fsp3) is 0.0833. The Kier molecular flexibility index (Phi) is 3.37. The van der Waals surface area contributed by atoms with Gasteiger partial charge in [-0.1, -0.05) is 0 Å². The molecule has 1 aromatic carbocycles. The van der Waals surface area contributed by atoms with Crippen molar-refractivity contribution in [1.29, 1.82) is 0 Å². The van der Waals surface area contributed by atoms with Gasteiger partial charge in [-0.2, -0.15) is 0 Å². The molecule has 0 unspecified atom stereocenters. The maximum absolute atomic E-state index is 13.8. The largest absolute Gasteiger partial charge is 0.496 e. The fourth-order valence-electron chi connectivity index (χ4n) is 1.51. The quantitative estimate of drug-likeness (QED) is 0.921. The number of rotatable bonds is 3. The van der Waals surface area contributed by atoms with Gasteiger partial charge in [0.05, 0.1) is 12.7 Å². The lowest BCUT2D eigenvalue weighted by atomic mass is 10.1.